The SMILES string of the molecule is CC.CCNC(C)CC(CCSc1cc(C(=O)NSC2(C)CC2)cc(OC(F)F)c1N)NCc1c(-c2c(Cl)cccc2Cl)noc1C1CC1. The molecule has 5 N–H and O–H groups in total. The van der Waals surface area contributed by atoms with Gasteiger partial charge in [0.15, 0.2) is 5.75 Å². The van der Waals surface area contributed by atoms with Crippen molar-refractivity contribution in [3.8, 4) is 17.0 Å². The van der Waals surface area contributed by atoms with Crippen molar-refractivity contribution in [3.05, 3.63) is 57.3 Å². The zero-order chi connectivity index (χ0) is 35.7. The fraction of sp³-hybridized carbons (Fsp3) is 0.543. The van der Waals surface area contributed by atoms with Crippen molar-refractivity contribution in [1.82, 2.24) is 20.5 Å². The largest absolute Gasteiger partial charge is 0.433 e. The normalized spacial score (nSPS) is 16.1. The summed E-state index contributed by atoms with van der Waals surface area (Å²) in [6.07, 6.45) is 5.66. The molecule has 3 aromatic rings. The summed E-state index contributed by atoms with van der Waals surface area (Å²) in [4.78, 5) is 13.5. The van der Waals surface area contributed by atoms with E-state index in [1.165, 1.54) is 29.8 Å². The number of amides is 1. The lowest BCUT2D eigenvalue weighted by Gasteiger charge is -2.23. The number of nitrogen functional groups attached to an aromatic ring is 1. The van der Waals surface area contributed by atoms with Crippen LogP contribution in [0.25, 0.3) is 11.3 Å². The fourth-order valence-corrected chi connectivity index (χ4v) is 7.78. The molecule has 0 saturated heterocycles. The smallest absolute Gasteiger partial charge is 0.387 e. The van der Waals surface area contributed by atoms with E-state index in [1.54, 1.807) is 24.3 Å². The first-order chi connectivity index (χ1) is 23.5. The Bertz CT molecular complexity index is 1540. The van der Waals surface area contributed by atoms with Gasteiger partial charge in [-0.25, -0.2) is 0 Å². The summed E-state index contributed by atoms with van der Waals surface area (Å²) in [6.45, 7) is 8.55. The predicted molar refractivity (Wildman–Crippen MR) is 199 cm³/mol. The molecule has 0 bridgehead atoms. The summed E-state index contributed by atoms with van der Waals surface area (Å²) in [7, 11) is 0. The summed E-state index contributed by atoms with van der Waals surface area (Å²) >= 11 is 15.9. The third-order valence-corrected chi connectivity index (χ3v) is 11.3. The van der Waals surface area contributed by atoms with Crippen molar-refractivity contribution in [3.63, 3.8) is 0 Å². The number of benzene rings is 2. The molecule has 1 amide bonds. The van der Waals surface area contributed by atoms with Crippen molar-refractivity contribution in [1.29, 1.82) is 0 Å². The van der Waals surface area contributed by atoms with Crippen LogP contribution >= 0.6 is 46.9 Å². The van der Waals surface area contributed by atoms with Crippen LogP contribution in [0.4, 0.5) is 14.5 Å². The number of halogens is 4. The van der Waals surface area contributed by atoms with E-state index in [0.29, 0.717) is 44.4 Å². The molecule has 2 fully saturated rings. The van der Waals surface area contributed by atoms with Gasteiger partial charge in [0, 0.05) is 50.9 Å². The molecule has 2 unspecified atom stereocenters. The summed E-state index contributed by atoms with van der Waals surface area (Å²) < 4.78 is 39.9. The molecule has 49 heavy (non-hydrogen) atoms. The molecule has 270 valence electrons. The number of nitrogens with one attached hydrogen (secondary N) is 3. The third-order valence-electron chi connectivity index (χ3n) is 8.37. The van der Waals surface area contributed by atoms with Gasteiger partial charge in [-0.15, -0.1) is 11.8 Å². The maximum atomic E-state index is 13.3. The van der Waals surface area contributed by atoms with E-state index >= 15 is 0 Å². The van der Waals surface area contributed by atoms with Crippen molar-refractivity contribution >= 4 is 58.5 Å². The van der Waals surface area contributed by atoms with Crippen LogP contribution < -0.4 is 25.8 Å². The lowest BCUT2D eigenvalue weighted by Crippen LogP contribution is -2.37. The van der Waals surface area contributed by atoms with Crippen molar-refractivity contribution in [2.75, 3.05) is 18.0 Å². The van der Waals surface area contributed by atoms with Crippen LogP contribution in [0.15, 0.2) is 39.8 Å². The van der Waals surface area contributed by atoms with Gasteiger partial charge in [-0.3, -0.25) is 9.52 Å². The van der Waals surface area contributed by atoms with Gasteiger partial charge in [0.2, 0.25) is 0 Å². The van der Waals surface area contributed by atoms with Crippen molar-refractivity contribution < 1.29 is 22.8 Å². The van der Waals surface area contributed by atoms with Gasteiger partial charge in [-0.05, 0) is 101 Å². The number of ether oxygens (including phenoxy) is 1. The molecule has 14 heteroatoms. The van der Waals surface area contributed by atoms with Gasteiger partial charge in [0.25, 0.3) is 5.91 Å². The maximum Gasteiger partial charge on any atom is 0.387 e. The second-order valence-electron chi connectivity index (χ2n) is 12.4. The minimum Gasteiger partial charge on any atom is -0.433 e. The lowest BCUT2D eigenvalue weighted by atomic mass is 10.0. The van der Waals surface area contributed by atoms with Gasteiger partial charge >= 0.3 is 6.61 Å². The zero-order valence-corrected chi connectivity index (χ0v) is 31.8. The molecule has 2 atom stereocenters. The average Bonchev–Trinajstić information content (AvgIpc) is 4.00. The van der Waals surface area contributed by atoms with Crippen LogP contribution in [-0.4, -0.2) is 46.8 Å². The number of alkyl halides is 2. The van der Waals surface area contributed by atoms with Crippen LogP contribution in [0, 0.1) is 0 Å². The molecule has 2 aliphatic rings. The predicted octanol–water partition coefficient (Wildman–Crippen LogP) is 9.69. The monoisotopic (exact) mass is 757 g/mol. The first-order valence-corrected chi connectivity index (χ1v) is 19.4. The first-order valence-electron chi connectivity index (χ1n) is 16.9. The molecule has 2 aromatic carbocycles. The van der Waals surface area contributed by atoms with Gasteiger partial charge in [0.05, 0.1) is 15.7 Å². The van der Waals surface area contributed by atoms with Crippen molar-refractivity contribution in [2.24, 2.45) is 0 Å². The first kappa shape index (κ1) is 39.6. The molecule has 5 rings (SSSR count). The highest BCUT2D eigenvalue weighted by Gasteiger charge is 2.39. The molecule has 0 spiro atoms. The number of nitrogens with two attached hydrogens (primary N) is 1. The van der Waals surface area contributed by atoms with Gasteiger partial charge in [-0.1, -0.05) is 55.2 Å². The van der Waals surface area contributed by atoms with Crippen molar-refractivity contribution in [2.45, 2.75) is 114 Å². The Morgan fingerprint density at radius 1 is 1.18 bits per heavy atom. The Morgan fingerprint density at radius 2 is 1.88 bits per heavy atom. The zero-order valence-electron chi connectivity index (χ0n) is 28.6. The highest BCUT2D eigenvalue weighted by atomic mass is 35.5. The Balaban J connectivity index is 0.00000265. The fourth-order valence-electron chi connectivity index (χ4n) is 5.35. The Hall–Kier alpha value is -2.22. The van der Waals surface area contributed by atoms with Crippen LogP contribution in [0.3, 0.4) is 0 Å². The second kappa shape index (κ2) is 18.3. The topological polar surface area (TPSA) is 114 Å². The minimum atomic E-state index is -3.07. The molecule has 8 nitrogen and oxygen atoms in total. The van der Waals surface area contributed by atoms with E-state index in [4.69, 9.17) is 38.2 Å². The number of nitrogens with zero attached hydrogens (tertiary/aromatic N) is 1. The molecule has 1 aromatic heterocycles. The maximum absolute atomic E-state index is 13.3. The van der Waals surface area contributed by atoms with E-state index in [2.05, 4.69) is 41.3 Å². The Morgan fingerprint density at radius 3 is 2.49 bits per heavy atom. The van der Waals surface area contributed by atoms with Crippen LogP contribution in [0.5, 0.6) is 5.75 Å². The number of carbonyl (C=O) groups is 1. The summed E-state index contributed by atoms with van der Waals surface area (Å²) in [6, 6.07) is 8.60. The summed E-state index contributed by atoms with van der Waals surface area (Å²) in [5.74, 6) is 1.21. The number of aromatic nitrogens is 1. The molecule has 2 saturated carbocycles. The minimum absolute atomic E-state index is 0.0153. The number of anilines is 1. The molecule has 0 radical (unpaired) electrons. The molecule has 0 aliphatic heterocycles. The summed E-state index contributed by atoms with van der Waals surface area (Å²) in [5.41, 5.74) is 8.83. The molecule has 2 aliphatic carbocycles. The van der Waals surface area contributed by atoms with Gasteiger partial charge in [0.1, 0.15) is 11.5 Å². The summed E-state index contributed by atoms with van der Waals surface area (Å²) in [5, 5.41) is 12.6. The lowest BCUT2D eigenvalue weighted by molar-refractivity contribution is -0.0494. The van der Waals surface area contributed by atoms with E-state index in [-0.39, 0.29) is 39.7 Å². The van der Waals surface area contributed by atoms with Gasteiger partial charge < -0.3 is 25.6 Å². The molecule has 1 heterocycles. The van der Waals surface area contributed by atoms with E-state index in [0.717, 1.165) is 56.4 Å². The van der Waals surface area contributed by atoms with Crippen LogP contribution in [-0.2, 0) is 6.54 Å². The highest BCUT2D eigenvalue weighted by Crippen LogP contribution is 2.47. The molecular weight excluding hydrogens is 711 g/mol. The van der Waals surface area contributed by atoms with Crippen LogP contribution in [0.2, 0.25) is 10.0 Å². The second-order valence-corrected chi connectivity index (χ2v) is 15.7. The number of hydrogen-bond donors (Lipinski definition) is 4. The average molecular weight is 759 g/mol. The van der Waals surface area contributed by atoms with E-state index in [9.17, 15) is 13.6 Å². The van der Waals surface area contributed by atoms with Crippen LogP contribution in [0.1, 0.15) is 101 Å². The Labute approximate surface area is 306 Å². The standard InChI is InChI=1S/C33H41Cl2F2N5O3S2.C2H6/c1-4-39-18(2)14-21(40-17-22-29(41-45-30(22)19-8-9-19)27-23(34)6-5-7-24(27)35)10-13-46-26-16-20(15-25(28(26)38)44-32(36)37)31(43)42-47-33(3)11-12-33;1-2/h5-7,15-16,18-19,21,32,39-40H,4,8-14,17,38H2,1-3H3,(H,42,43);1-2H3. The van der Waals surface area contributed by atoms with E-state index < -0.39 is 6.61 Å². The van der Waals surface area contributed by atoms with Gasteiger partial charge in [-0.2, -0.15) is 8.78 Å². The number of rotatable bonds is 18. The van der Waals surface area contributed by atoms with E-state index in [1.807, 2.05) is 13.8 Å². The molecular formula is C35H47Cl2F2N5O3S2. The number of carbonyl (C=O) groups excluding carboxylic acids is 1. The quantitative estimate of drug-likeness (QED) is 0.0572. The third kappa shape index (κ3) is 11.1. The highest BCUT2D eigenvalue weighted by molar-refractivity contribution is 7.99. The number of thioether (sulfide) groups is 1. The number of hydrogen-bond acceptors (Lipinski definition) is 9. The Kier molecular flexibility index (Phi) is 14.8.